The summed E-state index contributed by atoms with van der Waals surface area (Å²) in [6, 6.07) is 24.0. The van der Waals surface area contributed by atoms with Crippen molar-refractivity contribution in [3.05, 3.63) is 95.8 Å². The summed E-state index contributed by atoms with van der Waals surface area (Å²) in [4.78, 5) is 6.57. The molecule has 0 saturated carbocycles. The number of benzene rings is 2. The van der Waals surface area contributed by atoms with Crippen LogP contribution < -0.4 is 4.74 Å². The summed E-state index contributed by atoms with van der Waals surface area (Å²) in [5.41, 5.74) is 2.40. The first-order valence-corrected chi connectivity index (χ1v) is 9.33. The fourth-order valence-corrected chi connectivity index (χ4v) is 3.58. The van der Waals surface area contributed by atoms with E-state index < -0.39 is 5.60 Å². The lowest BCUT2D eigenvalue weighted by Gasteiger charge is -2.24. The van der Waals surface area contributed by atoms with Gasteiger partial charge in [-0.3, -0.25) is 9.88 Å². The number of hydrogen-bond donors (Lipinski definition) is 1. The zero-order chi connectivity index (χ0) is 18.5. The van der Waals surface area contributed by atoms with E-state index in [-0.39, 0.29) is 12.4 Å². The van der Waals surface area contributed by atoms with Gasteiger partial charge in [0.15, 0.2) is 0 Å². The van der Waals surface area contributed by atoms with E-state index in [1.807, 2.05) is 60.7 Å². The van der Waals surface area contributed by atoms with Crippen LogP contribution in [0.25, 0.3) is 0 Å². The number of nitrogens with zero attached hydrogens (tertiary/aromatic N) is 2. The zero-order valence-corrected chi connectivity index (χ0v) is 16.5. The minimum atomic E-state index is -0.743. The Morgan fingerprint density at radius 3 is 2.43 bits per heavy atom. The van der Waals surface area contributed by atoms with Gasteiger partial charge in [0.05, 0.1) is 5.69 Å². The molecule has 1 atom stereocenters. The van der Waals surface area contributed by atoms with E-state index in [2.05, 4.69) is 22.0 Å². The highest BCUT2D eigenvalue weighted by Crippen LogP contribution is 2.32. The molecule has 1 fully saturated rings. The molecule has 4 nitrogen and oxygen atoms in total. The summed E-state index contributed by atoms with van der Waals surface area (Å²) in [6.07, 6.45) is 2.54. The van der Waals surface area contributed by atoms with Crippen molar-refractivity contribution in [2.24, 2.45) is 0 Å². The molecule has 1 aromatic heterocycles. The largest absolute Gasteiger partial charge is 0.487 e. The average molecular weight is 397 g/mol. The molecular formula is C23H25ClN2O2. The molecule has 0 amide bonds. The molecule has 1 N–H and O–H groups in total. The minimum Gasteiger partial charge on any atom is -0.487 e. The van der Waals surface area contributed by atoms with Crippen LogP contribution in [0.4, 0.5) is 0 Å². The lowest BCUT2D eigenvalue weighted by Crippen LogP contribution is -2.30. The number of likely N-dealkylation sites (tertiary alicyclic amines) is 1. The van der Waals surface area contributed by atoms with Crippen LogP contribution in [0, 0.1) is 0 Å². The Morgan fingerprint density at radius 1 is 0.964 bits per heavy atom. The fourth-order valence-electron chi connectivity index (χ4n) is 3.58. The van der Waals surface area contributed by atoms with Crippen LogP contribution in [0.15, 0.2) is 79.0 Å². The molecule has 3 aromatic rings. The van der Waals surface area contributed by atoms with Gasteiger partial charge in [-0.15, -0.1) is 12.4 Å². The summed E-state index contributed by atoms with van der Waals surface area (Å²) in [5, 5.41) is 11.0. The lowest BCUT2D eigenvalue weighted by atomic mass is 9.93. The highest BCUT2D eigenvalue weighted by atomic mass is 35.5. The first-order chi connectivity index (χ1) is 13.2. The molecule has 0 bridgehead atoms. The third-order valence-electron chi connectivity index (χ3n) is 5.08. The summed E-state index contributed by atoms with van der Waals surface area (Å²) >= 11 is 0. The number of aromatic nitrogens is 1. The molecule has 0 aliphatic carbocycles. The second-order valence-corrected chi connectivity index (χ2v) is 7.11. The Kier molecular flexibility index (Phi) is 6.68. The second-order valence-electron chi connectivity index (χ2n) is 7.11. The predicted octanol–water partition coefficient (Wildman–Crippen LogP) is 4.18. The van der Waals surface area contributed by atoms with Gasteiger partial charge in [0, 0.05) is 25.8 Å². The molecule has 4 rings (SSSR count). The van der Waals surface area contributed by atoms with E-state index in [1.54, 1.807) is 6.20 Å². The topological polar surface area (TPSA) is 45.6 Å². The van der Waals surface area contributed by atoms with Gasteiger partial charge in [-0.05, 0) is 41.8 Å². The van der Waals surface area contributed by atoms with Gasteiger partial charge in [-0.25, -0.2) is 0 Å². The monoisotopic (exact) mass is 396 g/mol. The predicted molar refractivity (Wildman–Crippen MR) is 112 cm³/mol. The molecule has 2 aromatic carbocycles. The standard InChI is InChI=1S/C23H24N2O2.ClH/c26-23(20-6-2-1-3-7-20)13-15-25(18-23)16-19-9-11-22(12-10-19)27-17-21-8-4-5-14-24-21;/h1-12,14,26H,13,15-18H2;1H. The quantitative estimate of drug-likeness (QED) is 0.679. The van der Waals surface area contributed by atoms with Gasteiger partial charge in [-0.1, -0.05) is 48.5 Å². The van der Waals surface area contributed by atoms with Crippen LogP contribution in [0.2, 0.25) is 0 Å². The van der Waals surface area contributed by atoms with Crippen molar-refractivity contribution in [2.45, 2.75) is 25.2 Å². The maximum Gasteiger partial charge on any atom is 0.130 e. The van der Waals surface area contributed by atoms with E-state index in [9.17, 15) is 5.11 Å². The third kappa shape index (κ3) is 4.90. The molecule has 0 radical (unpaired) electrons. The number of pyridine rings is 1. The molecule has 1 saturated heterocycles. The van der Waals surface area contributed by atoms with E-state index in [4.69, 9.17) is 4.74 Å². The van der Waals surface area contributed by atoms with Crippen molar-refractivity contribution in [3.63, 3.8) is 0 Å². The molecule has 1 unspecified atom stereocenters. The van der Waals surface area contributed by atoms with E-state index >= 15 is 0 Å². The van der Waals surface area contributed by atoms with Crippen LogP contribution >= 0.6 is 12.4 Å². The molecule has 2 heterocycles. The van der Waals surface area contributed by atoms with Gasteiger partial charge >= 0.3 is 0 Å². The van der Waals surface area contributed by atoms with Crippen LogP contribution in [0.1, 0.15) is 23.2 Å². The highest BCUT2D eigenvalue weighted by Gasteiger charge is 2.37. The summed E-state index contributed by atoms with van der Waals surface area (Å²) in [7, 11) is 0. The van der Waals surface area contributed by atoms with E-state index in [1.165, 1.54) is 5.56 Å². The van der Waals surface area contributed by atoms with Crippen LogP contribution in [0.3, 0.4) is 0 Å². The minimum absolute atomic E-state index is 0. The summed E-state index contributed by atoms with van der Waals surface area (Å²) in [6.45, 7) is 2.85. The van der Waals surface area contributed by atoms with Crippen LogP contribution in [-0.4, -0.2) is 28.1 Å². The maximum absolute atomic E-state index is 11.0. The Morgan fingerprint density at radius 2 is 1.71 bits per heavy atom. The maximum atomic E-state index is 11.0. The Bertz CT molecular complexity index is 859. The van der Waals surface area contributed by atoms with E-state index in [0.717, 1.165) is 36.5 Å². The number of β-amino-alcohol motifs (C(OH)–C–C–N with tert-alkyl or cyclic N) is 1. The third-order valence-corrected chi connectivity index (χ3v) is 5.08. The smallest absolute Gasteiger partial charge is 0.130 e. The van der Waals surface area contributed by atoms with Crippen LogP contribution in [-0.2, 0) is 18.8 Å². The van der Waals surface area contributed by atoms with Gasteiger partial charge in [0.25, 0.3) is 0 Å². The normalized spacial score (nSPS) is 19.2. The van der Waals surface area contributed by atoms with Gasteiger partial charge in [0.2, 0.25) is 0 Å². The number of rotatable bonds is 6. The van der Waals surface area contributed by atoms with Gasteiger partial charge in [0.1, 0.15) is 18.0 Å². The molecule has 28 heavy (non-hydrogen) atoms. The van der Waals surface area contributed by atoms with E-state index in [0.29, 0.717) is 13.2 Å². The first kappa shape index (κ1) is 20.3. The fraction of sp³-hybridized carbons (Fsp3) is 0.261. The number of aliphatic hydroxyl groups is 1. The van der Waals surface area contributed by atoms with Crippen molar-refractivity contribution in [3.8, 4) is 5.75 Å². The molecular weight excluding hydrogens is 372 g/mol. The number of ether oxygens (including phenoxy) is 1. The average Bonchev–Trinajstić information content (AvgIpc) is 3.11. The van der Waals surface area contributed by atoms with Crippen molar-refractivity contribution < 1.29 is 9.84 Å². The zero-order valence-electron chi connectivity index (χ0n) is 15.7. The van der Waals surface area contributed by atoms with Crippen molar-refractivity contribution in [1.82, 2.24) is 9.88 Å². The Balaban J connectivity index is 0.00000225. The molecule has 1 aliphatic heterocycles. The number of halogens is 1. The van der Waals surface area contributed by atoms with Gasteiger partial charge < -0.3 is 9.84 Å². The van der Waals surface area contributed by atoms with Crippen LogP contribution in [0.5, 0.6) is 5.75 Å². The Labute approximate surface area is 172 Å². The highest BCUT2D eigenvalue weighted by molar-refractivity contribution is 5.85. The van der Waals surface area contributed by atoms with Crippen molar-refractivity contribution in [1.29, 1.82) is 0 Å². The summed E-state index contributed by atoms with van der Waals surface area (Å²) in [5.74, 6) is 0.839. The molecule has 146 valence electrons. The summed E-state index contributed by atoms with van der Waals surface area (Å²) < 4.78 is 5.79. The Hall–Kier alpha value is -2.40. The lowest BCUT2D eigenvalue weighted by molar-refractivity contribution is 0.0453. The molecule has 5 heteroatoms. The second kappa shape index (κ2) is 9.20. The molecule has 0 spiro atoms. The molecule has 1 aliphatic rings. The SMILES string of the molecule is Cl.OC1(c2ccccc2)CCN(Cc2ccc(OCc3ccccn3)cc2)C1. The van der Waals surface area contributed by atoms with Crippen molar-refractivity contribution >= 4 is 12.4 Å². The van der Waals surface area contributed by atoms with Crippen molar-refractivity contribution in [2.75, 3.05) is 13.1 Å². The first-order valence-electron chi connectivity index (χ1n) is 9.33. The number of hydrogen-bond acceptors (Lipinski definition) is 4. The van der Waals surface area contributed by atoms with Gasteiger partial charge in [-0.2, -0.15) is 0 Å².